The summed E-state index contributed by atoms with van der Waals surface area (Å²) in [6, 6.07) is 14.7. The maximum Gasteiger partial charge on any atom is 0.272 e. The number of hydrogen-bond acceptors (Lipinski definition) is 2. The molecule has 2 heterocycles. The van der Waals surface area contributed by atoms with Gasteiger partial charge in [0.05, 0.1) is 16.4 Å². The Labute approximate surface area is 148 Å². The van der Waals surface area contributed by atoms with Gasteiger partial charge in [0, 0.05) is 25.2 Å². The molecule has 2 aromatic heterocycles. The molecule has 1 amide bonds. The predicted molar refractivity (Wildman–Crippen MR) is 100 cm³/mol. The molecule has 130 valence electrons. The van der Waals surface area contributed by atoms with E-state index in [2.05, 4.69) is 5.32 Å². The fraction of sp³-hybridized carbons (Fsp3) is 0.100. The number of anilines is 1. The van der Waals surface area contributed by atoms with Gasteiger partial charge in [-0.25, -0.2) is 4.39 Å². The van der Waals surface area contributed by atoms with Crippen LogP contribution in [0.15, 0.2) is 59.4 Å². The highest BCUT2D eigenvalue weighted by Crippen LogP contribution is 2.25. The highest BCUT2D eigenvalue weighted by Gasteiger charge is 2.18. The molecule has 0 fully saturated rings. The lowest BCUT2D eigenvalue weighted by molar-refractivity contribution is 0.102. The van der Waals surface area contributed by atoms with E-state index in [9.17, 15) is 14.0 Å². The van der Waals surface area contributed by atoms with E-state index in [0.717, 1.165) is 10.9 Å². The van der Waals surface area contributed by atoms with Gasteiger partial charge < -0.3 is 14.5 Å². The minimum atomic E-state index is -0.373. The van der Waals surface area contributed by atoms with Crippen LogP contribution >= 0.6 is 0 Å². The number of hydrogen-bond donors (Lipinski definition) is 1. The van der Waals surface area contributed by atoms with E-state index in [4.69, 9.17) is 0 Å². The largest absolute Gasteiger partial charge is 0.339 e. The van der Waals surface area contributed by atoms with Gasteiger partial charge in [-0.3, -0.25) is 9.59 Å². The van der Waals surface area contributed by atoms with Crippen LogP contribution in [0.1, 0.15) is 10.5 Å². The van der Waals surface area contributed by atoms with Crippen LogP contribution in [0.5, 0.6) is 0 Å². The first-order chi connectivity index (χ1) is 12.5. The summed E-state index contributed by atoms with van der Waals surface area (Å²) in [5, 5.41) is 4.11. The zero-order chi connectivity index (χ0) is 18.4. The number of pyridine rings is 1. The Morgan fingerprint density at radius 3 is 2.38 bits per heavy atom. The number of carbonyl (C=O) groups is 1. The van der Waals surface area contributed by atoms with E-state index in [-0.39, 0.29) is 17.3 Å². The number of nitrogens with zero attached hydrogens (tertiary/aromatic N) is 2. The van der Waals surface area contributed by atoms with Gasteiger partial charge in [-0.15, -0.1) is 0 Å². The van der Waals surface area contributed by atoms with E-state index >= 15 is 0 Å². The van der Waals surface area contributed by atoms with Gasteiger partial charge in [-0.1, -0.05) is 18.2 Å². The van der Waals surface area contributed by atoms with E-state index < -0.39 is 0 Å². The van der Waals surface area contributed by atoms with Crippen molar-refractivity contribution in [2.75, 3.05) is 5.32 Å². The quantitative estimate of drug-likeness (QED) is 0.603. The van der Waals surface area contributed by atoms with Crippen LogP contribution in [0, 0.1) is 5.82 Å². The summed E-state index contributed by atoms with van der Waals surface area (Å²) in [5.74, 6) is -0.732. The van der Waals surface area contributed by atoms with Crippen molar-refractivity contribution in [3.05, 3.63) is 76.5 Å². The van der Waals surface area contributed by atoms with Crippen molar-refractivity contribution in [2.24, 2.45) is 14.1 Å². The summed E-state index contributed by atoms with van der Waals surface area (Å²) in [4.78, 5) is 25.4. The van der Waals surface area contributed by atoms with Crippen LogP contribution in [0.3, 0.4) is 0 Å². The smallest absolute Gasteiger partial charge is 0.272 e. The Kier molecular flexibility index (Phi) is 3.61. The first kappa shape index (κ1) is 16.1. The molecule has 0 saturated carbocycles. The van der Waals surface area contributed by atoms with Crippen LogP contribution in [0.2, 0.25) is 0 Å². The van der Waals surface area contributed by atoms with E-state index in [1.54, 1.807) is 29.3 Å². The number of aryl methyl sites for hydroxylation is 2. The molecule has 5 nitrogen and oxygen atoms in total. The lowest BCUT2D eigenvalue weighted by Crippen LogP contribution is -2.17. The normalized spacial score (nSPS) is 11.2. The minimum Gasteiger partial charge on any atom is -0.339 e. The Balaban J connectivity index is 1.89. The number of amides is 1. The Bertz CT molecular complexity index is 1220. The fourth-order valence-electron chi connectivity index (χ4n) is 3.29. The molecule has 0 bridgehead atoms. The van der Waals surface area contributed by atoms with E-state index in [1.807, 2.05) is 24.3 Å². The Morgan fingerprint density at radius 1 is 0.962 bits per heavy atom. The highest BCUT2D eigenvalue weighted by atomic mass is 19.1. The monoisotopic (exact) mass is 349 g/mol. The second-order valence-electron chi connectivity index (χ2n) is 6.19. The molecule has 0 unspecified atom stereocenters. The van der Waals surface area contributed by atoms with Crippen LogP contribution in [-0.4, -0.2) is 15.0 Å². The van der Waals surface area contributed by atoms with Gasteiger partial charge in [-0.2, -0.15) is 0 Å². The molecule has 1 N–H and O–H groups in total. The molecule has 26 heavy (non-hydrogen) atoms. The molecule has 0 aliphatic carbocycles. The number of halogens is 1. The summed E-state index contributed by atoms with van der Waals surface area (Å²) in [7, 11) is 3.48. The van der Waals surface area contributed by atoms with Crippen molar-refractivity contribution in [1.29, 1.82) is 0 Å². The molecular weight excluding hydrogens is 333 g/mol. The molecule has 4 aromatic rings. The number of benzene rings is 2. The van der Waals surface area contributed by atoms with Crippen molar-refractivity contribution in [1.82, 2.24) is 9.13 Å². The third kappa shape index (κ3) is 2.38. The molecule has 0 aliphatic heterocycles. The lowest BCUT2D eigenvalue weighted by atomic mass is 10.1. The SMILES string of the molecule is Cn1c(C(=O)Nc2ccc(F)cc2)cc2c(=O)n(C)c3ccccc3c21. The number of carbonyl (C=O) groups excluding carboxylic acids is 1. The zero-order valence-electron chi connectivity index (χ0n) is 14.3. The third-order valence-corrected chi connectivity index (χ3v) is 4.62. The number of rotatable bonds is 2. The average Bonchev–Trinajstić information content (AvgIpc) is 2.99. The summed E-state index contributed by atoms with van der Waals surface area (Å²) in [6.45, 7) is 0. The summed E-state index contributed by atoms with van der Waals surface area (Å²) < 4.78 is 16.3. The van der Waals surface area contributed by atoms with Crippen LogP contribution < -0.4 is 10.9 Å². The zero-order valence-corrected chi connectivity index (χ0v) is 14.3. The summed E-state index contributed by atoms with van der Waals surface area (Å²) in [6.07, 6.45) is 0. The first-order valence-corrected chi connectivity index (χ1v) is 8.11. The van der Waals surface area contributed by atoms with Crippen molar-refractivity contribution in [3.63, 3.8) is 0 Å². The van der Waals surface area contributed by atoms with Crippen LogP contribution in [-0.2, 0) is 14.1 Å². The highest BCUT2D eigenvalue weighted by molar-refractivity contribution is 6.11. The summed E-state index contributed by atoms with van der Waals surface area (Å²) in [5.41, 5.74) is 2.21. The summed E-state index contributed by atoms with van der Waals surface area (Å²) >= 11 is 0. The average molecular weight is 349 g/mol. The molecule has 0 spiro atoms. The lowest BCUT2D eigenvalue weighted by Gasteiger charge is -2.09. The van der Waals surface area contributed by atoms with E-state index in [0.29, 0.717) is 22.3 Å². The topological polar surface area (TPSA) is 56.0 Å². The number of fused-ring (bicyclic) bond motifs is 3. The second-order valence-corrected chi connectivity index (χ2v) is 6.19. The van der Waals surface area contributed by atoms with E-state index in [1.165, 1.54) is 24.3 Å². The standard InChI is InChI=1S/C20H16FN3O2/c1-23-17(19(25)22-13-9-7-12(21)8-10-13)11-15-18(23)14-5-3-4-6-16(14)24(2)20(15)26/h3-11H,1-2H3,(H,22,25). The predicted octanol–water partition coefficient (Wildman–Crippen LogP) is 3.42. The van der Waals surface area contributed by atoms with Gasteiger partial charge in [0.2, 0.25) is 0 Å². The minimum absolute atomic E-state index is 0.157. The Morgan fingerprint density at radius 2 is 1.65 bits per heavy atom. The van der Waals surface area contributed by atoms with Crippen molar-refractivity contribution >= 4 is 33.4 Å². The van der Waals surface area contributed by atoms with Gasteiger partial charge >= 0.3 is 0 Å². The molecule has 4 rings (SSSR count). The number of para-hydroxylation sites is 1. The maximum atomic E-state index is 13.0. The molecule has 0 aliphatic rings. The van der Waals surface area contributed by atoms with Crippen molar-refractivity contribution in [2.45, 2.75) is 0 Å². The van der Waals surface area contributed by atoms with Gasteiger partial charge in [0.1, 0.15) is 11.5 Å². The fourth-order valence-corrected chi connectivity index (χ4v) is 3.29. The van der Waals surface area contributed by atoms with Gasteiger partial charge in [-0.05, 0) is 36.4 Å². The van der Waals surface area contributed by atoms with Gasteiger partial charge in [0.25, 0.3) is 11.5 Å². The van der Waals surface area contributed by atoms with Crippen LogP contribution in [0.25, 0.3) is 21.8 Å². The molecule has 0 radical (unpaired) electrons. The van der Waals surface area contributed by atoms with Crippen molar-refractivity contribution < 1.29 is 9.18 Å². The van der Waals surface area contributed by atoms with Gasteiger partial charge in [0.15, 0.2) is 0 Å². The second kappa shape index (κ2) is 5.84. The molecule has 6 heteroatoms. The molecule has 2 aromatic carbocycles. The first-order valence-electron chi connectivity index (χ1n) is 8.11. The molecule has 0 saturated heterocycles. The maximum absolute atomic E-state index is 13.0. The number of nitrogens with one attached hydrogen (secondary N) is 1. The number of aromatic nitrogens is 2. The third-order valence-electron chi connectivity index (χ3n) is 4.62. The van der Waals surface area contributed by atoms with Crippen LogP contribution in [0.4, 0.5) is 10.1 Å². The van der Waals surface area contributed by atoms with Crippen molar-refractivity contribution in [3.8, 4) is 0 Å². The Hall–Kier alpha value is -3.41. The molecule has 0 atom stereocenters. The molecular formula is C20H16FN3O2.